The summed E-state index contributed by atoms with van der Waals surface area (Å²) in [5.41, 5.74) is 0.722. The molecule has 132 valence electrons. The summed E-state index contributed by atoms with van der Waals surface area (Å²) < 4.78 is 18.5. The second kappa shape index (κ2) is 5.48. The molecular weight excluding hydrogens is 341 g/mol. The molecule has 26 heavy (non-hydrogen) atoms. The molecular formula is C16H14FN7O2. The summed E-state index contributed by atoms with van der Waals surface area (Å²) in [6.07, 6.45) is 1.62. The Hall–Kier alpha value is -3.56. The van der Waals surface area contributed by atoms with Gasteiger partial charge in [0.2, 0.25) is 0 Å². The average Bonchev–Trinajstić information content (AvgIpc) is 3.23. The average molecular weight is 355 g/mol. The topological polar surface area (TPSA) is 92.5 Å². The summed E-state index contributed by atoms with van der Waals surface area (Å²) in [5, 5.41) is 8.11. The first kappa shape index (κ1) is 15.9. The van der Waals surface area contributed by atoms with Gasteiger partial charge in [0.1, 0.15) is 11.5 Å². The van der Waals surface area contributed by atoms with E-state index in [2.05, 4.69) is 15.3 Å². The van der Waals surface area contributed by atoms with Crippen LogP contribution in [0.1, 0.15) is 0 Å². The first-order chi connectivity index (χ1) is 12.4. The third kappa shape index (κ3) is 2.19. The Morgan fingerprint density at radius 1 is 0.962 bits per heavy atom. The molecule has 0 spiro atoms. The number of nitrogens with zero attached hydrogens (tertiary/aromatic N) is 7. The van der Waals surface area contributed by atoms with Crippen LogP contribution in [0, 0.1) is 5.82 Å². The Morgan fingerprint density at radius 3 is 2.35 bits per heavy atom. The van der Waals surface area contributed by atoms with Crippen LogP contribution >= 0.6 is 0 Å². The molecule has 1 aromatic carbocycles. The maximum Gasteiger partial charge on any atom is 0.332 e. The Morgan fingerprint density at radius 2 is 1.65 bits per heavy atom. The third-order valence-corrected chi connectivity index (χ3v) is 4.29. The van der Waals surface area contributed by atoms with Gasteiger partial charge in [0.15, 0.2) is 17.0 Å². The van der Waals surface area contributed by atoms with Gasteiger partial charge >= 0.3 is 5.69 Å². The first-order valence-corrected chi connectivity index (χ1v) is 7.69. The van der Waals surface area contributed by atoms with Crippen molar-refractivity contribution in [2.24, 2.45) is 21.1 Å². The van der Waals surface area contributed by atoms with Gasteiger partial charge in [-0.3, -0.25) is 13.9 Å². The minimum atomic E-state index is -0.456. The van der Waals surface area contributed by atoms with E-state index < -0.39 is 11.2 Å². The zero-order valence-corrected chi connectivity index (χ0v) is 14.2. The maximum absolute atomic E-state index is 13.1. The number of imidazole rings is 1. The molecule has 0 amide bonds. The van der Waals surface area contributed by atoms with Crippen molar-refractivity contribution in [3.63, 3.8) is 0 Å². The highest BCUT2D eigenvalue weighted by Gasteiger charge is 2.19. The number of rotatable bonds is 2. The predicted molar refractivity (Wildman–Crippen MR) is 91.5 cm³/mol. The van der Waals surface area contributed by atoms with E-state index in [4.69, 9.17) is 0 Å². The van der Waals surface area contributed by atoms with Crippen LogP contribution in [0.2, 0.25) is 0 Å². The number of benzene rings is 1. The molecule has 10 heteroatoms. The molecule has 4 rings (SSSR count). The number of hydrogen-bond donors (Lipinski definition) is 0. The van der Waals surface area contributed by atoms with Crippen molar-refractivity contribution in [3.8, 4) is 17.2 Å². The van der Waals surface area contributed by atoms with Crippen LogP contribution < -0.4 is 11.2 Å². The molecule has 9 nitrogen and oxygen atoms in total. The summed E-state index contributed by atoms with van der Waals surface area (Å²) in [5.74, 6) is 0.0489. The van der Waals surface area contributed by atoms with E-state index >= 15 is 0 Å². The van der Waals surface area contributed by atoms with Gasteiger partial charge in [0, 0.05) is 21.1 Å². The van der Waals surface area contributed by atoms with Crippen molar-refractivity contribution in [1.82, 2.24) is 33.7 Å². The third-order valence-electron chi connectivity index (χ3n) is 4.29. The SMILES string of the molecule is Cn1c(=O)c2c(nc(-c3cn(-c4ccc(F)cc4)nn3)n2C)n(C)c1=O. The molecule has 0 unspecified atom stereocenters. The summed E-state index contributed by atoms with van der Waals surface area (Å²) >= 11 is 0. The zero-order chi connectivity index (χ0) is 18.6. The van der Waals surface area contributed by atoms with E-state index in [-0.39, 0.29) is 11.5 Å². The van der Waals surface area contributed by atoms with Crippen molar-refractivity contribution in [3.05, 3.63) is 57.1 Å². The Bertz CT molecular complexity index is 1260. The highest BCUT2D eigenvalue weighted by molar-refractivity contribution is 5.75. The van der Waals surface area contributed by atoms with Gasteiger partial charge in [-0.05, 0) is 24.3 Å². The maximum atomic E-state index is 13.1. The molecule has 0 aliphatic carbocycles. The molecule has 0 atom stereocenters. The first-order valence-electron chi connectivity index (χ1n) is 7.69. The monoisotopic (exact) mass is 355 g/mol. The zero-order valence-electron chi connectivity index (χ0n) is 14.2. The molecule has 0 fully saturated rings. The highest BCUT2D eigenvalue weighted by atomic mass is 19.1. The van der Waals surface area contributed by atoms with Crippen LogP contribution in [0.4, 0.5) is 4.39 Å². The van der Waals surface area contributed by atoms with Crippen molar-refractivity contribution in [2.75, 3.05) is 0 Å². The van der Waals surface area contributed by atoms with Crippen molar-refractivity contribution >= 4 is 11.2 Å². The van der Waals surface area contributed by atoms with Gasteiger partial charge < -0.3 is 4.57 Å². The fourth-order valence-corrected chi connectivity index (χ4v) is 2.83. The second-order valence-corrected chi connectivity index (χ2v) is 5.90. The van der Waals surface area contributed by atoms with Crippen molar-refractivity contribution in [2.45, 2.75) is 0 Å². The molecule has 3 heterocycles. The molecule has 0 aliphatic rings. The molecule has 0 bridgehead atoms. The predicted octanol–water partition coefficient (Wildman–Crippen LogP) is 0.357. The standard InChI is InChI=1S/C16H14FN7O2/c1-21-12-14(22(2)16(26)23(3)15(12)25)18-13(21)11-8-24(20-19-11)10-6-4-9(17)5-7-10/h4-8H,1-3H3. The van der Waals surface area contributed by atoms with Crippen molar-refractivity contribution in [1.29, 1.82) is 0 Å². The summed E-state index contributed by atoms with van der Waals surface area (Å²) in [7, 11) is 4.64. The van der Waals surface area contributed by atoms with Crippen LogP contribution in [0.5, 0.6) is 0 Å². The van der Waals surface area contributed by atoms with Crippen LogP contribution in [0.25, 0.3) is 28.4 Å². The molecule has 0 saturated heterocycles. The molecule has 4 aromatic rings. The van der Waals surface area contributed by atoms with Gasteiger partial charge in [-0.2, -0.15) is 0 Å². The van der Waals surface area contributed by atoms with Crippen LogP contribution in [0.15, 0.2) is 40.1 Å². The lowest BCUT2D eigenvalue weighted by Gasteiger charge is -2.03. The number of hydrogen-bond acceptors (Lipinski definition) is 5. The van der Waals surface area contributed by atoms with E-state index in [1.54, 1.807) is 37.0 Å². The minimum absolute atomic E-state index is 0.270. The lowest BCUT2D eigenvalue weighted by atomic mass is 10.3. The summed E-state index contributed by atoms with van der Waals surface area (Å²) in [6.45, 7) is 0. The summed E-state index contributed by atoms with van der Waals surface area (Å²) in [6, 6.07) is 5.79. The molecule has 0 saturated carbocycles. The van der Waals surface area contributed by atoms with Gasteiger partial charge in [-0.1, -0.05) is 5.21 Å². The van der Waals surface area contributed by atoms with E-state index in [0.29, 0.717) is 22.7 Å². The molecule has 0 radical (unpaired) electrons. The van der Waals surface area contributed by atoms with Crippen molar-refractivity contribution < 1.29 is 4.39 Å². The quantitative estimate of drug-likeness (QED) is 0.518. The van der Waals surface area contributed by atoms with E-state index in [0.717, 1.165) is 4.57 Å². The highest BCUT2D eigenvalue weighted by Crippen LogP contribution is 2.20. The van der Waals surface area contributed by atoms with Gasteiger partial charge in [-0.15, -0.1) is 5.10 Å². The lowest BCUT2D eigenvalue weighted by Crippen LogP contribution is -2.37. The number of fused-ring (bicyclic) bond motifs is 1. The second-order valence-electron chi connectivity index (χ2n) is 5.90. The fourth-order valence-electron chi connectivity index (χ4n) is 2.83. The van der Waals surface area contributed by atoms with Gasteiger partial charge in [0.25, 0.3) is 5.56 Å². The Labute approximate surface area is 145 Å². The largest absolute Gasteiger partial charge is 0.332 e. The molecule has 0 aliphatic heterocycles. The number of aryl methyl sites for hydroxylation is 2. The van der Waals surface area contributed by atoms with Crippen LogP contribution in [0.3, 0.4) is 0 Å². The Balaban J connectivity index is 1.91. The Kier molecular flexibility index (Phi) is 3.36. The van der Waals surface area contributed by atoms with E-state index in [1.165, 1.54) is 28.4 Å². The lowest BCUT2D eigenvalue weighted by molar-refractivity contribution is 0.626. The number of halogens is 1. The summed E-state index contributed by atoms with van der Waals surface area (Å²) in [4.78, 5) is 28.9. The molecule has 3 aromatic heterocycles. The smallest absolute Gasteiger partial charge is 0.320 e. The van der Waals surface area contributed by atoms with Crippen LogP contribution in [-0.4, -0.2) is 33.7 Å². The minimum Gasteiger partial charge on any atom is -0.320 e. The van der Waals surface area contributed by atoms with Crippen LogP contribution in [-0.2, 0) is 21.1 Å². The number of aromatic nitrogens is 7. The van der Waals surface area contributed by atoms with Gasteiger partial charge in [0.05, 0.1) is 11.9 Å². The molecule has 0 N–H and O–H groups in total. The van der Waals surface area contributed by atoms with Gasteiger partial charge in [-0.25, -0.2) is 18.9 Å². The van der Waals surface area contributed by atoms with E-state index in [1.807, 2.05) is 0 Å². The normalized spacial score (nSPS) is 11.4. The fraction of sp³-hybridized carbons (Fsp3) is 0.188. The van der Waals surface area contributed by atoms with E-state index in [9.17, 15) is 14.0 Å².